The van der Waals surface area contributed by atoms with Crippen molar-refractivity contribution < 1.29 is 0 Å². The Hall–Kier alpha value is -1.56. The molecule has 0 rings (SSSR count). The Morgan fingerprint density at radius 1 is 0.941 bits per heavy atom. The Labute approximate surface area is 106 Å². The van der Waals surface area contributed by atoms with E-state index in [1.165, 1.54) is 16.7 Å². The normalized spacial score (nSPS) is 14.3. The average Bonchev–Trinajstić information content (AvgIpc) is 2.25. The van der Waals surface area contributed by atoms with E-state index in [0.717, 1.165) is 11.1 Å². The van der Waals surface area contributed by atoms with E-state index in [1.54, 1.807) is 0 Å². The van der Waals surface area contributed by atoms with Gasteiger partial charge in [-0.3, -0.25) is 0 Å². The molecule has 0 saturated heterocycles. The largest absolute Gasteiger partial charge is 0.0955 e. The van der Waals surface area contributed by atoms with Crippen molar-refractivity contribution in [1.82, 2.24) is 0 Å². The average molecular weight is 228 g/mol. The molecule has 0 aliphatic rings. The Bertz CT molecular complexity index is 409. The molecule has 0 aromatic heterocycles. The van der Waals surface area contributed by atoms with Gasteiger partial charge in [0, 0.05) is 0 Å². The third-order valence-corrected chi connectivity index (χ3v) is 2.51. The maximum Gasteiger partial charge on any atom is -0.0273 e. The second-order valence-corrected chi connectivity index (χ2v) is 4.27. The molecule has 0 bridgehead atoms. The first-order chi connectivity index (χ1) is 7.92. The molecule has 0 radical (unpaired) electrons. The quantitative estimate of drug-likeness (QED) is 0.542. The van der Waals surface area contributed by atoms with Crippen LogP contribution >= 0.6 is 0 Å². The van der Waals surface area contributed by atoms with Crippen LogP contribution in [0.1, 0.15) is 34.6 Å². The summed E-state index contributed by atoms with van der Waals surface area (Å²) in [6, 6.07) is 0. The van der Waals surface area contributed by atoms with Gasteiger partial charge in [-0.2, -0.15) is 0 Å². The van der Waals surface area contributed by atoms with E-state index in [4.69, 9.17) is 0 Å². The fourth-order valence-electron chi connectivity index (χ4n) is 1.48. The Morgan fingerprint density at radius 2 is 1.53 bits per heavy atom. The standard InChI is InChI=1S/C17H24/c1-8-10-14(5)11-15(6)16(7)12-17(9-2)13(3)4/h8-12H,3,6H2,1-2,4-5,7H3/b10-8-,14-11-,16-12+,17-9+. The molecule has 17 heavy (non-hydrogen) atoms. The summed E-state index contributed by atoms with van der Waals surface area (Å²) in [6.45, 7) is 18.3. The predicted octanol–water partition coefficient (Wildman–Crippen LogP) is 5.53. The zero-order valence-corrected chi connectivity index (χ0v) is 11.8. The van der Waals surface area contributed by atoms with Crippen LogP contribution in [0.5, 0.6) is 0 Å². The van der Waals surface area contributed by atoms with Gasteiger partial charge in [0.2, 0.25) is 0 Å². The number of allylic oxidation sites excluding steroid dienone is 10. The van der Waals surface area contributed by atoms with Crippen LogP contribution < -0.4 is 0 Å². The molecule has 0 heteroatoms. The Balaban J connectivity index is 5.01. The maximum absolute atomic E-state index is 4.09. The van der Waals surface area contributed by atoms with Crippen LogP contribution in [-0.2, 0) is 0 Å². The van der Waals surface area contributed by atoms with Gasteiger partial charge in [-0.15, -0.1) is 0 Å². The summed E-state index contributed by atoms with van der Waals surface area (Å²) in [4.78, 5) is 0. The van der Waals surface area contributed by atoms with Gasteiger partial charge >= 0.3 is 0 Å². The number of hydrogen-bond acceptors (Lipinski definition) is 0. The van der Waals surface area contributed by atoms with Crippen LogP contribution in [0.15, 0.2) is 71.4 Å². The van der Waals surface area contributed by atoms with Gasteiger partial charge in [0.15, 0.2) is 0 Å². The maximum atomic E-state index is 4.09. The van der Waals surface area contributed by atoms with Crippen LogP contribution in [-0.4, -0.2) is 0 Å². The minimum absolute atomic E-state index is 1.04. The highest BCUT2D eigenvalue weighted by Crippen LogP contribution is 2.17. The molecule has 0 amide bonds. The third-order valence-electron chi connectivity index (χ3n) is 2.51. The molecule has 0 nitrogen and oxygen atoms in total. The summed E-state index contributed by atoms with van der Waals surface area (Å²) in [5.41, 5.74) is 5.67. The minimum Gasteiger partial charge on any atom is -0.0955 e. The lowest BCUT2D eigenvalue weighted by Crippen LogP contribution is -1.85. The van der Waals surface area contributed by atoms with Crippen molar-refractivity contribution in [2.45, 2.75) is 34.6 Å². The molecule has 0 spiro atoms. The molecule has 0 unspecified atom stereocenters. The second-order valence-electron chi connectivity index (χ2n) is 4.27. The summed E-state index contributed by atoms with van der Waals surface area (Å²) < 4.78 is 0. The van der Waals surface area contributed by atoms with Crippen molar-refractivity contribution in [3.63, 3.8) is 0 Å². The van der Waals surface area contributed by atoms with Crippen molar-refractivity contribution in [2.24, 2.45) is 0 Å². The van der Waals surface area contributed by atoms with Gasteiger partial charge in [0.1, 0.15) is 0 Å². The topological polar surface area (TPSA) is 0 Å². The van der Waals surface area contributed by atoms with Crippen molar-refractivity contribution in [3.8, 4) is 0 Å². The summed E-state index contributed by atoms with van der Waals surface area (Å²) in [6.07, 6.45) is 10.4. The molecular formula is C17H24. The zero-order chi connectivity index (χ0) is 13.4. The highest BCUT2D eigenvalue weighted by atomic mass is 14.0. The highest BCUT2D eigenvalue weighted by Gasteiger charge is 1.97. The predicted molar refractivity (Wildman–Crippen MR) is 80.0 cm³/mol. The van der Waals surface area contributed by atoms with Crippen LogP contribution in [0.3, 0.4) is 0 Å². The van der Waals surface area contributed by atoms with E-state index in [1.807, 2.05) is 26.8 Å². The first-order valence-corrected chi connectivity index (χ1v) is 5.93. The molecule has 92 valence electrons. The lowest BCUT2D eigenvalue weighted by molar-refractivity contribution is 1.35. The number of hydrogen-bond donors (Lipinski definition) is 0. The van der Waals surface area contributed by atoms with Gasteiger partial charge in [-0.25, -0.2) is 0 Å². The van der Waals surface area contributed by atoms with E-state index < -0.39 is 0 Å². The molecule has 0 saturated carbocycles. The number of rotatable bonds is 5. The fraction of sp³-hybridized carbons (Fsp3) is 0.294. The Kier molecular flexibility index (Phi) is 6.97. The third kappa shape index (κ3) is 5.91. The van der Waals surface area contributed by atoms with E-state index in [2.05, 4.69) is 51.3 Å². The summed E-state index contributed by atoms with van der Waals surface area (Å²) in [5, 5.41) is 0. The van der Waals surface area contributed by atoms with Gasteiger partial charge in [-0.1, -0.05) is 54.7 Å². The van der Waals surface area contributed by atoms with Crippen molar-refractivity contribution in [3.05, 3.63) is 71.4 Å². The second kappa shape index (κ2) is 7.67. The van der Waals surface area contributed by atoms with Crippen molar-refractivity contribution >= 4 is 0 Å². The van der Waals surface area contributed by atoms with E-state index in [9.17, 15) is 0 Å². The molecule has 0 aliphatic heterocycles. The van der Waals surface area contributed by atoms with Crippen LogP contribution in [0.4, 0.5) is 0 Å². The summed E-state index contributed by atoms with van der Waals surface area (Å²) in [5.74, 6) is 0. The van der Waals surface area contributed by atoms with E-state index in [0.29, 0.717) is 0 Å². The first-order valence-electron chi connectivity index (χ1n) is 5.93. The van der Waals surface area contributed by atoms with Crippen LogP contribution in [0.2, 0.25) is 0 Å². The van der Waals surface area contributed by atoms with Crippen molar-refractivity contribution in [1.29, 1.82) is 0 Å². The monoisotopic (exact) mass is 228 g/mol. The lowest BCUT2D eigenvalue weighted by atomic mass is 10.0. The summed E-state index contributed by atoms with van der Waals surface area (Å²) in [7, 11) is 0. The molecule has 0 aliphatic carbocycles. The molecule has 0 atom stereocenters. The van der Waals surface area contributed by atoms with Gasteiger partial charge in [0.05, 0.1) is 0 Å². The minimum atomic E-state index is 1.04. The van der Waals surface area contributed by atoms with Gasteiger partial charge < -0.3 is 0 Å². The fourth-order valence-corrected chi connectivity index (χ4v) is 1.48. The SMILES string of the molecule is C=C(/C=C(C)\C=C/C)/C(C)=C/C(=C\C)C(=C)C. The lowest BCUT2D eigenvalue weighted by Gasteiger charge is -2.05. The Morgan fingerprint density at radius 3 is 1.94 bits per heavy atom. The summed E-state index contributed by atoms with van der Waals surface area (Å²) >= 11 is 0. The molecule has 0 heterocycles. The van der Waals surface area contributed by atoms with E-state index in [-0.39, 0.29) is 0 Å². The smallest absolute Gasteiger partial charge is 0.0273 e. The molecule has 0 aromatic rings. The van der Waals surface area contributed by atoms with E-state index >= 15 is 0 Å². The van der Waals surface area contributed by atoms with Gasteiger partial charge in [-0.05, 0) is 51.3 Å². The van der Waals surface area contributed by atoms with Crippen molar-refractivity contribution in [2.75, 3.05) is 0 Å². The highest BCUT2D eigenvalue weighted by molar-refractivity contribution is 5.47. The molecule has 0 N–H and O–H groups in total. The zero-order valence-electron chi connectivity index (χ0n) is 11.8. The molecule has 0 aromatic carbocycles. The molecule has 0 fully saturated rings. The van der Waals surface area contributed by atoms with Crippen LogP contribution in [0.25, 0.3) is 0 Å². The first kappa shape index (κ1) is 15.4. The molecular weight excluding hydrogens is 204 g/mol. The van der Waals surface area contributed by atoms with Crippen LogP contribution in [0, 0.1) is 0 Å². The van der Waals surface area contributed by atoms with Gasteiger partial charge in [0.25, 0.3) is 0 Å².